The number of hydrogen-bond acceptors (Lipinski definition) is 3. The smallest absolute Gasteiger partial charge is 0.133 e. The molecule has 0 saturated carbocycles. The molecule has 1 saturated heterocycles. The van der Waals surface area contributed by atoms with Crippen molar-refractivity contribution in [3.8, 4) is 5.75 Å². The van der Waals surface area contributed by atoms with E-state index >= 15 is 0 Å². The molecule has 3 nitrogen and oxygen atoms in total. The van der Waals surface area contributed by atoms with Gasteiger partial charge in [0.2, 0.25) is 0 Å². The van der Waals surface area contributed by atoms with Crippen LogP contribution in [0.15, 0.2) is 28.7 Å². The predicted octanol–water partition coefficient (Wildman–Crippen LogP) is 2.92. The molecule has 0 aliphatic carbocycles. The molecule has 2 rings (SSSR count). The number of ether oxygens (including phenoxy) is 1. The van der Waals surface area contributed by atoms with Gasteiger partial charge < -0.3 is 14.7 Å². The van der Waals surface area contributed by atoms with Crippen molar-refractivity contribution < 1.29 is 9.84 Å². The lowest BCUT2D eigenvalue weighted by molar-refractivity contribution is 0.0561. The first-order valence-electron chi connectivity index (χ1n) is 6.93. The van der Waals surface area contributed by atoms with Crippen LogP contribution in [0.5, 0.6) is 5.75 Å². The average Bonchev–Trinajstić information content (AvgIpc) is 2.40. The Balaban J connectivity index is 1.73. The highest BCUT2D eigenvalue weighted by Gasteiger charge is 2.18. The van der Waals surface area contributed by atoms with Gasteiger partial charge in [-0.3, -0.25) is 0 Å². The fraction of sp³-hybridized carbons (Fsp3) is 0.600. The van der Waals surface area contributed by atoms with E-state index in [1.54, 1.807) is 0 Å². The lowest BCUT2D eigenvalue weighted by Crippen LogP contribution is -2.40. The normalized spacial score (nSPS) is 19.3. The summed E-state index contributed by atoms with van der Waals surface area (Å²) >= 11 is 3.43. The average molecular weight is 328 g/mol. The van der Waals surface area contributed by atoms with Crippen LogP contribution >= 0.6 is 15.9 Å². The van der Waals surface area contributed by atoms with Gasteiger partial charge in [0.05, 0.1) is 4.47 Å². The molecule has 1 aliphatic rings. The highest BCUT2D eigenvalue weighted by molar-refractivity contribution is 9.10. The highest BCUT2D eigenvalue weighted by Crippen LogP contribution is 2.24. The van der Waals surface area contributed by atoms with Gasteiger partial charge in [-0.05, 0) is 59.9 Å². The molecular formula is C15H22BrNO2. The van der Waals surface area contributed by atoms with Crippen molar-refractivity contribution in [3.05, 3.63) is 28.7 Å². The fourth-order valence-electron chi connectivity index (χ4n) is 2.34. The zero-order valence-electron chi connectivity index (χ0n) is 11.4. The molecule has 0 aromatic heterocycles. The van der Waals surface area contributed by atoms with Crippen LogP contribution in [0, 0.1) is 5.92 Å². The van der Waals surface area contributed by atoms with Gasteiger partial charge in [0, 0.05) is 6.54 Å². The van der Waals surface area contributed by atoms with E-state index in [0.717, 1.165) is 29.2 Å². The van der Waals surface area contributed by atoms with Crippen molar-refractivity contribution in [2.45, 2.75) is 25.9 Å². The Morgan fingerprint density at radius 1 is 1.37 bits per heavy atom. The topological polar surface area (TPSA) is 32.7 Å². The second-order valence-electron chi connectivity index (χ2n) is 5.38. The van der Waals surface area contributed by atoms with Gasteiger partial charge in [0.1, 0.15) is 18.5 Å². The van der Waals surface area contributed by atoms with Gasteiger partial charge in [-0.15, -0.1) is 0 Å². The lowest BCUT2D eigenvalue weighted by atomic mass is 9.99. The zero-order chi connectivity index (χ0) is 13.7. The third-order valence-electron chi connectivity index (χ3n) is 3.61. The van der Waals surface area contributed by atoms with Crippen molar-refractivity contribution >= 4 is 15.9 Å². The number of β-amino-alcohol motifs (C(OH)–C–C–N with tert-alkyl or cyclic N) is 1. The largest absolute Gasteiger partial charge is 0.490 e. The Kier molecular flexibility index (Phi) is 5.67. The van der Waals surface area contributed by atoms with Gasteiger partial charge in [-0.1, -0.05) is 19.1 Å². The summed E-state index contributed by atoms with van der Waals surface area (Å²) in [5.41, 5.74) is 0. The molecule has 1 atom stereocenters. The van der Waals surface area contributed by atoms with Crippen molar-refractivity contribution in [2.24, 2.45) is 5.92 Å². The number of rotatable bonds is 5. The molecule has 19 heavy (non-hydrogen) atoms. The van der Waals surface area contributed by atoms with E-state index in [1.165, 1.54) is 12.8 Å². The van der Waals surface area contributed by atoms with E-state index in [0.29, 0.717) is 13.2 Å². The Hall–Kier alpha value is -0.580. The fourth-order valence-corrected chi connectivity index (χ4v) is 2.74. The number of aliphatic hydroxyl groups excluding tert-OH is 1. The molecule has 4 heteroatoms. The van der Waals surface area contributed by atoms with Crippen molar-refractivity contribution in [2.75, 3.05) is 26.2 Å². The van der Waals surface area contributed by atoms with E-state index in [2.05, 4.69) is 27.8 Å². The molecule has 0 unspecified atom stereocenters. The van der Waals surface area contributed by atoms with Gasteiger partial charge in [-0.25, -0.2) is 0 Å². The number of nitrogens with zero attached hydrogens (tertiary/aromatic N) is 1. The summed E-state index contributed by atoms with van der Waals surface area (Å²) in [6, 6.07) is 7.72. The molecular weight excluding hydrogens is 306 g/mol. The Bertz CT molecular complexity index is 391. The molecule has 1 aliphatic heterocycles. The molecule has 0 bridgehead atoms. The maximum Gasteiger partial charge on any atom is 0.133 e. The zero-order valence-corrected chi connectivity index (χ0v) is 13.0. The van der Waals surface area contributed by atoms with Crippen LogP contribution in [0.4, 0.5) is 0 Å². The minimum atomic E-state index is -0.430. The number of likely N-dealkylation sites (tertiary alicyclic amines) is 1. The summed E-state index contributed by atoms with van der Waals surface area (Å²) in [6.07, 6.45) is 2.04. The number of hydrogen-bond donors (Lipinski definition) is 1. The monoisotopic (exact) mass is 327 g/mol. The Morgan fingerprint density at radius 3 is 2.74 bits per heavy atom. The molecule has 0 radical (unpaired) electrons. The van der Waals surface area contributed by atoms with Crippen LogP contribution in [0.2, 0.25) is 0 Å². The highest BCUT2D eigenvalue weighted by atomic mass is 79.9. The van der Waals surface area contributed by atoms with E-state index in [-0.39, 0.29) is 0 Å². The number of halogens is 1. The van der Waals surface area contributed by atoms with E-state index in [9.17, 15) is 5.11 Å². The van der Waals surface area contributed by atoms with Crippen LogP contribution in [0.3, 0.4) is 0 Å². The van der Waals surface area contributed by atoms with Crippen LogP contribution in [-0.4, -0.2) is 42.4 Å². The summed E-state index contributed by atoms with van der Waals surface area (Å²) in [4.78, 5) is 2.33. The minimum absolute atomic E-state index is 0.342. The van der Waals surface area contributed by atoms with Gasteiger partial charge >= 0.3 is 0 Å². The van der Waals surface area contributed by atoms with Crippen molar-refractivity contribution in [1.82, 2.24) is 4.90 Å². The maximum absolute atomic E-state index is 10.0. The molecule has 1 aromatic rings. The Labute approximate surface area is 123 Å². The molecule has 106 valence electrons. The predicted molar refractivity (Wildman–Crippen MR) is 80.5 cm³/mol. The van der Waals surface area contributed by atoms with E-state index in [1.807, 2.05) is 24.3 Å². The Morgan fingerprint density at radius 2 is 2.05 bits per heavy atom. The molecule has 1 N–H and O–H groups in total. The lowest BCUT2D eigenvalue weighted by Gasteiger charge is -2.31. The third-order valence-corrected chi connectivity index (χ3v) is 4.27. The SMILES string of the molecule is CC1CCN(C[C@H](O)COc2ccccc2Br)CC1. The number of benzene rings is 1. The molecule has 0 spiro atoms. The van der Waals surface area contributed by atoms with Crippen LogP contribution < -0.4 is 4.74 Å². The number of para-hydroxylation sites is 1. The molecule has 1 fully saturated rings. The van der Waals surface area contributed by atoms with Crippen LogP contribution in [-0.2, 0) is 0 Å². The third kappa shape index (κ3) is 4.79. The first-order chi connectivity index (χ1) is 9.15. The van der Waals surface area contributed by atoms with E-state index < -0.39 is 6.10 Å². The van der Waals surface area contributed by atoms with Crippen LogP contribution in [0.1, 0.15) is 19.8 Å². The maximum atomic E-state index is 10.0. The standard InChI is InChI=1S/C15H22BrNO2/c1-12-6-8-17(9-7-12)10-13(18)11-19-15-5-3-2-4-14(15)16/h2-5,12-13,18H,6-11H2,1H3/t13-/m0/s1. The quantitative estimate of drug-likeness (QED) is 0.902. The first-order valence-corrected chi connectivity index (χ1v) is 7.72. The van der Waals surface area contributed by atoms with E-state index in [4.69, 9.17) is 4.74 Å². The summed E-state index contributed by atoms with van der Waals surface area (Å²) in [7, 11) is 0. The second kappa shape index (κ2) is 7.27. The van der Waals surface area contributed by atoms with Crippen LogP contribution in [0.25, 0.3) is 0 Å². The molecule has 1 aromatic carbocycles. The minimum Gasteiger partial charge on any atom is -0.490 e. The van der Waals surface area contributed by atoms with Crippen molar-refractivity contribution in [1.29, 1.82) is 0 Å². The summed E-state index contributed by atoms with van der Waals surface area (Å²) in [6.45, 7) is 5.52. The summed E-state index contributed by atoms with van der Waals surface area (Å²) in [5, 5.41) is 10.0. The molecule has 1 heterocycles. The summed E-state index contributed by atoms with van der Waals surface area (Å²) < 4.78 is 6.56. The first kappa shape index (κ1) is 14.8. The van der Waals surface area contributed by atoms with Crippen molar-refractivity contribution in [3.63, 3.8) is 0 Å². The molecule has 0 amide bonds. The number of piperidine rings is 1. The second-order valence-corrected chi connectivity index (χ2v) is 6.23. The number of aliphatic hydroxyl groups is 1. The summed E-state index contributed by atoms with van der Waals surface area (Å²) in [5.74, 6) is 1.61. The van der Waals surface area contributed by atoms with Gasteiger partial charge in [0.25, 0.3) is 0 Å². The van der Waals surface area contributed by atoms with Gasteiger partial charge in [0.15, 0.2) is 0 Å². The van der Waals surface area contributed by atoms with Gasteiger partial charge in [-0.2, -0.15) is 0 Å².